The molecule has 4 fully saturated rings. The van der Waals surface area contributed by atoms with Crippen molar-refractivity contribution in [2.24, 2.45) is 24.8 Å². The van der Waals surface area contributed by atoms with Crippen LogP contribution < -0.4 is 0 Å². The highest BCUT2D eigenvalue weighted by Crippen LogP contribution is 2.44. The Morgan fingerprint density at radius 2 is 1.83 bits per heavy atom. The van der Waals surface area contributed by atoms with Crippen molar-refractivity contribution in [2.75, 3.05) is 19.7 Å². The standard InChI is InChI=1S/C21H31N7O/c1-26-10-18(22-24-26)11-27-8-16-6-20(28-12-19(23-25-28)15-4-5-15)21(7-17(16)9-27)29-13-14-2-3-14/h10,12,14-17,20-21H,2-9,11,13H2,1H3/t16-,17+,20-,21-/m1/s1. The zero-order valence-electron chi connectivity index (χ0n) is 17.2. The fourth-order valence-electron chi connectivity index (χ4n) is 5.33. The van der Waals surface area contributed by atoms with E-state index in [1.807, 2.05) is 13.2 Å². The minimum Gasteiger partial charge on any atom is -0.376 e. The molecule has 156 valence electrons. The van der Waals surface area contributed by atoms with Crippen molar-refractivity contribution >= 4 is 0 Å². The summed E-state index contributed by atoms with van der Waals surface area (Å²) >= 11 is 0. The molecule has 1 aliphatic heterocycles. The second kappa shape index (κ2) is 7.16. The first-order valence-electron chi connectivity index (χ1n) is 11.3. The molecule has 2 aromatic rings. The highest BCUT2D eigenvalue weighted by atomic mass is 16.5. The van der Waals surface area contributed by atoms with Gasteiger partial charge in [0.05, 0.1) is 23.5 Å². The van der Waals surface area contributed by atoms with Gasteiger partial charge < -0.3 is 4.74 Å². The van der Waals surface area contributed by atoms with Crippen LogP contribution >= 0.6 is 0 Å². The van der Waals surface area contributed by atoms with Crippen molar-refractivity contribution in [3.05, 3.63) is 23.8 Å². The van der Waals surface area contributed by atoms with Gasteiger partial charge in [-0.3, -0.25) is 9.58 Å². The van der Waals surface area contributed by atoms with Crippen LogP contribution in [0.1, 0.15) is 61.9 Å². The smallest absolute Gasteiger partial charge is 0.0967 e. The van der Waals surface area contributed by atoms with Gasteiger partial charge in [0.15, 0.2) is 0 Å². The Balaban J connectivity index is 1.17. The number of fused-ring (bicyclic) bond motifs is 1. The molecule has 8 heteroatoms. The van der Waals surface area contributed by atoms with Gasteiger partial charge in [0.2, 0.25) is 0 Å². The minimum absolute atomic E-state index is 0.266. The number of aryl methyl sites for hydroxylation is 1. The molecule has 0 aromatic carbocycles. The van der Waals surface area contributed by atoms with Gasteiger partial charge in [-0.2, -0.15) is 0 Å². The summed E-state index contributed by atoms with van der Waals surface area (Å²) < 4.78 is 10.4. The number of ether oxygens (including phenoxy) is 1. The lowest BCUT2D eigenvalue weighted by atomic mass is 9.77. The van der Waals surface area contributed by atoms with Gasteiger partial charge in [-0.1, -0.05) is 10.4 Å². The largest absolute Gasteiger partial charge is 0.376 e. The summed E-state index contributed by atoms with van der Waals surface area (Å²) in [5.41, 5.74) is 2.25. The van der Waals surface area contributed by atoms with Gasteiger partial charge in [-0.25, -0.2) is 4.68 Å². The van der Waals surface area contributed by atoms with Gasteiger partial charge in [0.25, 0.3) is 0 Å². The predicted molar refractivity (Wildman–Crippen MR) is 106 cm³/mol. The quantitative estimate of drug-likeness (QED) is 0.713. The van der Waals surface area contributed by atoms with Gasteiger partial charge in [0, 0.05) is 51.6 Å². The van der Waals surface area contributed by atoms with Gasteiger partial charge >= 0.3 is 0 Å². The molecule has 0 spiro atoms. The molecule has 4 aliphatic rings. The monoisotopic (exact) mass is 397 g/mol. The lowest BCUT2D eigenvalue weighted by Crippen LogP contribution is -2.38. The predicted octanol–water partition coefficient (Wildman–Crippen LogP) is 2.16. The van der Waals surface area contributed by atoms with Crippen LogP contribution in [0.2, 0.25) is 0 Å². The zero-order chi connectivity index (χ0) is 19.4. The molecule has 3 aliphatic carbocycles. The van der Waals surface area contributed by atoms with Crippen molar-refractivity contribution < 1.29 is 4.74 Å². The number of aromatic nitrogens is 6. The van der Waals surface area contributed by atoms with Crippen LogP contribution in [0.3, 0.4) is 0 Å². The van der Waals surface area contributed by atoms with Gasteiger partial charge in [-0.15, -0.1) is 10.2 Å². The van der Waals surface area contributed by atoms with Crippen LogP contribution in [0.15, 0.2) is 12.4 Å². The van der Waals surface area contributed by atoms with Crippen LogP contribution in [0, 0.1) is 17.8 Å². The maximum absolute atomic E-state index is 6.49. The molecule has 1 saturated heterocycles. The lowest BCUT2D eigenvalue weighted by Gasteiger charge is -2.37. The number of nitrogens with zero attached hydrogens (tertiary/aromatic N) is 7. The first-order valence-corrected chi connectivity index (χ1v) is 11.3. The summed E-state index contributed by atoms with van der Waals surface area (Å²) in [7, 11) is 1.93. The van der Waals surface area contributed by atoms with Crippen molar-refractivity contribution in [2.45, 2.75) is 63.1 Å². The molecule has 0 bridgehead atoms. The SMILES string of the molecule is Cn1cc(CN2C[C@H]3C[C@@H](n4cc(C5CC5)nn4)[C@H](OCC4CC4)C[C@H]3C2)nn1. The average Bonchev–Trinajstić information content (AvgIpc) is 3.61. The zero-order valence-corrected chi connectivity index (χ0v) is 17.2. The highest BCUT2D eigenvalue weighted by Gasteiger charge is 2.44. The molecule has 4 atom stereocenters. The molecule has 29 heavy (non-hydrogen) atoms. The van der Waals surface area contributed by atoms with Crippen LogP contribution in [0.4, 0.5) is 0 Å². The summed E-state index contributed by atoms with van der Waals surface area (Å²) in [6.45, 7) is 4.10. The van der Waals surface area contributed by atoms with E-state index < -0.39 is 0 Å². The second-order valence-electron chi connectivity index (χ2n) is 9.85. The molecular formula is C21H31N7O. The van der Waals surface area contributed by atoms with Crippen LogP contribution in [0.25, 0.3) is 0 Å². The van der Waals surface area contributed by atoms with Crippen LogP contribution in [0.5, 0.6) is 0 Å². The first-order chi connectivity index (χ1) is 14.2. The summed E-state index contributed by atoms with van der Waals surface area (Å²) in [5, 5.41) is 17.4. The third-order valence-corrected chi connectivity index (χ3v) is 7.30. The Bertz CT molecular complexity index is 855. The second-order valence-corrected chi connectivity index (χ2v) is 9.85. The highest BCUT2D eigenvalue weighted by molar-refractivity contribution is 5.10. The molecule has 0 unspecified atom stereocenters. The molecule has 3 heterocycles. The Kier molecular flexibility index (Phi) is 4.45. The fourth-order valence-corrected chi connectivity index (χ4v) is 5.33. The van der Waals surface area contributed by atoms with E-state index in [0.717, 1.165) is 50.7 Å². The van der Waals surface area contributed by atoms with Gasteiger partial charge in [-0.05, 0) is 56.3 Å². The maximum Gasteiger partial charge on any atom is 0.0967 e. The third kappa shape index (κ3) is 3.84. The van der Waals surface area contributed by atoms with E-state index in [-0.39, 0.29) is 6.10 Å². The maximum atomic E-state index is 6.49. The molecule has 0 amide bonds. The number of rotatable bonds is 7. The molecule has 6 rings (SSSR count). The van der Waals surface area contributed by atoms with Crippen molar-refractivity contribution in [1.29, 1.82) is 0 Å². The van der Waals surface area contributed by atoms with Crippen LogP contribution in [-0.4, -0.2) is 60.7 Å². The molecule has 0 radical (unpaired) electrons. The summed E-state index contributed by atoms with van der Waals surface area (Å²) in [5.74, 6) is 2.85. The van der Waals surface area contributed by atoms with E-state index in [4.69, 9.17) is 4.74 Å². The third-order valence-electron chi connectivity index (χ3n) is 7.30. The fraction of sp³-hybridized carbons (Fsp3) is 0.810. The topological polar surface area (TPSA) is 73.9 Å². The molecule has 3 saturated carbocycles. The summed E-state index contributed by atoms with van der Waals surface area (Å²) in [6.07, 6.45) is 12.0. The molecular weight excluding hydrogens is 366 g/mol. The number of hydrogen-bond donors (Lipinski definition) is 0. The van der Waals surface area contributed by atoms with Crippen molar-refractivity contribution in [3.8, 4) is 0 Å². The van der Waals surface area contributed by atoms with E-state index in [1.165, 1.54) is 31.4 Å². The average molecular weight is 398 g/mol. The molecule has 2 aromatic heterocycles. The summed E-state index contributed by atoms with van der Waals surface area (Å²) in [4.78, 5) is 2.55. The normalized spacial score (nSPS) is 32.6. The first kappa shape index (κ1) is 18.0. The molecule has 8 nitrogen and oxygen atoms in total. The van der Waals surface area contributed by atoms with Gasteiger partial charge in [0.1, 0.15) is 0 Å². The Labute approximate surface area is 171 Å². The Morgan fingerprint density at radius 1 is 1.00 bits per heavy atom. The van der Waals surface area contributed by atoms with E-state index in [2.05, 4.69) is 36.4 Å². The van der Waals surface area contributed by atoms with E-state index >= 15 is 0 Å². The minimum atomic E-state index is 0.266. The molecule has 0 N–H and O–H groups in total. The number of hydrogen-bond acceptors (Lipinski definition) is 6. The van der Waals surface area contributed by atoms with E-state index in [9.17, 15) is 0 Å². The number of likely N-dealkylation sites (tertiary alicyclic amines) is 1. The van der Waals surface area contributed by atoms with E-state index in [1.54, 1.807) is 4.68 Å². The summed E-state index contributed by atoms with van der Waals surface area (Å²) in [6, 6.07) is 0.325. The lowest BCUT2D eigenvalue weighted by molar-refractivity contribution is -0.0375. The Hall–Kier alpha value is -1.80. The van der Waals surface area contributed by atoms with Crippen LogP contribution in [-0.2, 0) is 18.3 Å². The van der Waals surface area contributed by atoms with Crippen molar-refractivity contribution in [3.63, 3.8) is 0 Å². The van der Waals surface area contributed by atoms with Crippen molar-refractivity contribution in [1.82, 2.24) is 34.9 Å². The Morgan fingerprint density at radius 3 is 2.55 bits per heavy atom. The van der Waals surface area contributed by atoms with E-state index in [0.29, 0.717) is 23.8 Å².